The Labute approximate surface area is 150 Å². The lowest BCUT2D eigenvalue weighted by Gasteiger charge is -2.36. The molecule has 0 spiro atoms. The Morgan fingerprint density at radius 2 is 1.85 bits per heavy atom. The third kappa shape index (κ3) is 4.50. The third-order valence-electron chi connectivity index (χ3n) is 4.25. The average molecular weight is 358 g/mol. The quantitative estimate of drug-likeness (QED) is 0.737. The largest absolute Gasteiger partial charge is 0.478 e. The number of halogens is 1. The lowest BCUT2D eigenvalue weighted by molar-refractivity contribution is 0.0696. The molecule has 1 amide bonds. The maximum absolute atomic E-state index is 13.8. The van der Waals surface area contributed by atoms with Crippen LogP contribution in [0.5, 0.6) is 0 Å². The zero-order valence-corrected chi connectivity index (χ0v) is 13.9. The summed E-state index contributed by atoms with van der Waals surface area (Å²) in [4.78, 5) is 22.7. The highest BCUT2D eigenvalue weighted by Crippen LogP contribution is 2.26. The van der Waals surface area contributed by atoms with Crippen molar-refractivity contribution in [1.29, 1.82) is 0 Å². The molecule has 0 aromatic heterocycles. The van der Waals surface area contributed by atoms with Crippen LogP contribution in [0.3, 0.4) is 0 Å². The number of rotatable bonds is 6. The van der Waals surface area contributed by atoms with Crippen molar-refractivity contribution < 1.29 is 23.8 Å². The van der Waals surface area contributed by atoms with Crippen LogP contribution in [0.25, 0.3) is 0 Å². The zero-order valence-electron chi connectivity index (χ0n) is 13.9. The molecule has 0 bridgehead atoms. The SMILES string of the molecule is O=C(NC1CC(Nc2cc(C(=O)O)ccc2F)C1)OCc1ccccc1. The molecule has 0 radical (unpaired) electrons. The first kappa shape index (κ1) is 17.7. The van der Waals surface area contributed by atoms with Crippen LogP contribution in [-0.2, 0) is 11.3 Å². The minimum atomic E-state index is -1.11. The number of carboxylic acid groups (broad SMARTS) is 1. The van der Waals surface area contributed by atoms with Gasteiger partial charge in [0.25, 0.3) is 0 Å². The lowest BCUT2D eigenvalue weighted by Crippen LogP contribution is -2.49. The summed E-state index contributed by atoms with van der Waals surface area (Å²) in [5.41, 5.74) is 1.08. The lowest BCUT2D eigenvalue weighted by atomic mass is 9.86. The Balaban J connectivity index is 1.42. The average Bonchev–Trinajstić information content (AvgIpc) is 2.60. The summed E-state index contributed by atoms with van der Waals surface area (Å²) < 4.78 is 18.9. The second kappa shape index (κ2) is 7.86. The van der Waals surface area contributed by atoms with Gasteiger partial charge in [-0.1, -0.05) is 30.3 Å². The van der Waals surface area contributed by atoms with Crippen molar-refractivity contribution >= 4 is 17.7 Å². The van der Waals surface area contributed by atoms with E-state index < -0.39 is 17.9 Å². The molecule has 3 N–H and O–H groups in total. The standard InChI is InChI=1S/C19H19FN2O4/c20-16-7-6-13(18(23)24)8-17(16)21-14-9-15(10-14)22-19(25)26-11-12-4-2-1-3-5-12/h1-8,14-15,21H,9-11H2,(H,22,25)(H,23,24). The molecule has 1 fully saturated rings. The topological polar surface area (TPSA) is 87.7 Å². The fraction of sp³-hybridized carbons (Fsp3) is 0.263. The summed E-state index contributed by atoms with van der Waals surface area (Å²) in [7, 11) is 0. The van der Waals surface area contributed by atoms with Crippen LogP contribution in [0.2, 0.25) is 0 Å². The monoisotopic (exact) mass is 358 g/mol. The van der Waals surface area contributed by atoms with Crippen molar-refractivity contribution in [3.8, 4) is 0 Å². The molecule has 0 heterocycles. The van der Waals surface area contributed by atoms with E-state index in [9.17, 15) is 14.0 Å². The molecular formula is C19H19FN2O4. The second-order valence-electron chi connectivity index (χ2n) is 6.22. The summed E-state index contributed by atoms with van der Waals surface area (Å²) in [5.74, 6) is -1.61. The van der Waals surface area contributed by atoms with Crippen LogP contribution in [0.4, 0.5) is 14.9 Å². The number of hydrogen-bond acceptors (Lipinski definition) is 4. The molecule has 7 heteroatoms. The molecule has 1 aliphatic rings. The van der Waals surface area contributed by atoms with Gasteiger partial charge in [-0.05, 0) is 36.6 Å². The number of alkyl carbamates (subject to hydrolysis) is 1. The van der Waals surface area contributed by atoms with Gasteiger partial charge < -0.3 is 20.5 Å². The fourth-order valence-electron chi connectivity index (χ4n) is 2.77. The molecule has 26 heavy (non-hydrogen) atoms. The molecular weight excluding hydrogens is 339 g/mol. The molecule has 0 atom stereocenters. The fourth-order valence-corrected chi connectivity index (χ4v) is 2.77. The van der Waals surface area contributed by atoms with Gasteiger partial charge in [-0.2, -0.15) is 0 Å². The van der Waals surface area contributed by atoms with Gasteiger partial charge in [0.2, 0.25) is 0 Å². The van der Waals surface area contributed by atoms with E-state index in [-0.39, 0.29) is 29.9 Å². The van der Waals surface area contributed by atoms with E-state index in [0.29, 0.717) is 12.8 Å². The Morgan fingerprint density at radius 1 is 1.12 bits per heavy atom. The number of nitrogens with one attached hydrogen (secondary N) is 2. The minimum absolute atomic E-state index is 0.0207. The van der Waals surface area contributed by atoms with Gasteiger partial charge in [-0.3, -0.25) is 0 Å². The van der Waals surface area contributed by atoms with Crippen LogP contribution in [0.15, 0.2) is 48.5 Å². The number of aromatic carboxylic acids is 1. The molecule has 136 valence electrons. The van der Waals surface area contributed by atoms with Crippen LogP contribution >= 0.6 is 0 Å². The summed E-state index contributed by atoms with van der Waals surface area (Å²) in [6, 6.07) is 12.9. The summed E-state index contributed by atoms with van der Waals surface area (Å²) >= 11 is 0. The number of carbonyl (C=O) groups is 2. The van der Waals surface area contributed by atoms with E-state index in [2.05, 4.69) is 10.6 Å². The molecule has 1 saturated carbocycles. The predicted molar refractivity (Wildman–Crippen MR) is 93.6 cm³/mol. The normalized spacial score (nSPS) is 18.5. The van der Waals surface area contributed by atoms with Crippen LogP contribution in [0, 0.1) is 5.82 Å². The van der Waals surface area contributed by atoms with E-state index in [1.54, 1.807) is 0 Å². The van der Waals surface area contributed by atoms with Gasteiger partial charge in [0.05, 0.1) is 11.3 Å². The van der Waals surface area contributed by atoms with E-state index in [4.69, 9.17) is 9.84 Å². The molecule has 0 saturated heterocycles. The van der Waals surface area contributed by atoms with E-state index in [0.717, 1.165) is 11.6 Å². The second-order valence-corrected chi connectivity index (χ2v) is 6.22. The van der Waals surface area contributed by atoms with Crippen LogP contribution in [0.1, 0.15) is 28.8 Å². The van der Waals surface area contributed by atoms with Gasteiger partial charge in [0, 0.05) is 12.1 Å². The number of amides is 1. The summed E-state index contributed by atoms with van der Waals surface area (Å²) in [5, 5.41) is 14.7. The first-order valence-electron chi connectivity index (χ1n) is 8.28. The number of hydrogen-bond donors (Lipinski definition) is 3. The summed E-state index contributed by atoms with van der Waals surface area (Å²) in [6.07, 6.45) is 0.727. The Bertz CT molecular complexity index is 791. The first-order valence-corrected chi connectivity index (χ1v) is 8.28. The van der Waals surface area contributed by atoms with Crippen LogP contribution in [-0.4, -0.2) is 29.3 Å². The predicted octanol–water partition coefficient (Wildman–Crippen LogP) is 3.39. The highest BCUT2D eigenvalue weighted by atomic mass is 19.1. The van der Waals surface area contributed by atoms with Gasteiger partial charge in [0.1, 0.15) is 12.4 Å². The number of ether oxygens (including phenoxy) is 1. The molecule has 1 aliphatic carbocycles. The van der Waals surface area contributed by atoms with Gasteiger partial charge in [-0.25, -0.2) is 14.0 Å². The highest BCUT2D eigenvalue weighted by molar-refractivity contribution is 5.88. The van der Waals surface area contributed by atoms with E-state index >= 15 is 0 Å². The molecule has 2 aromatic carbocycles. The van der Waals surface area contributed by atoms with Crippen molar-refractivity contribution in [2.24, 2.45) is 0 Å². The minimum Gasteiger partial charge on any atom is -0.478 e. The van der Waals surface area contributed by atoms with Crippen molar-refractivity contribution in [3.05, 3.63) is 65.5 Å². The smallest absolute Gasteiger partial charge is 0.407 e. The van der Waals surface area contributed by atoms with Gasteiger partial charge in [-0.15, -0.1) is 0 Å². The zero-order chi connectivity index (χ0) is 18.5. The van der Waals surface area contributed by atoms with Crippen molar-refractivity contribution in [2.75, 3.05) is 5.32 Å². The number of carbonyl (C=O) groups excluding carboxylic acids is 1. The first-order chi connectivity index (χ1) is 12.5. The molecule has 0 unspecified atom stereocenters. The van der Waals surface area contributed by atoms with Crippen molar-refractivity contribution in [1.82, 2.24) is 5.32 Å². The van der Waals surface area contributed by atoms with E-state index in [1.165, 1.54) is 12.1 Å². The Kier molecular flexibility index (Phi) is 5.36. The molecule has 2 aromatic rings. The number of benzene rings is 2. The van der Waals surface area contributed by atoms with Crippen molar-refractivity contribution in [3.63, 3.8) is 0 Å². The maximum atomic E-state index is 13.8. The molecule has 6 nitrogen and oxygen atoms in total. The Hall–Kier alpha value is -3.09. The maximum Gasteiger partial charge on any atom is 0.407 e. The van der Waals surface area contributed by atoms with E-state index in [1.807, 2.05) is 30.3 Å². The number of anilines is 1. The highest BCUT2D eigenvalue weighted by Gasteiger charge is 2.31. The third-order valence-corrected chi connectivity index (χ3v) is 4.25. The Morgan fingerprint density at radius 3 is 2.54 bits per heavy atom. The van der Waals surface area contributed by atoms with Gasteiger partial charge in [0.15, 0.2) is 0 Å². The molecule has 3 rings (SSSR count). The van der Waals surface area contributed by atoms with Crippen LogP contribution < -0.4 is 10.6 Å². The van der Waals surface area contributed by atoms with Gasteiger partial charge >= 0.3 is 12.1 Å². The van der Waals surface area contributed by atoms with Crippen molar-refractivity contribution in [2.45, 2.75) is 31.5 Å². The number of carboxylic acids is 1. The summed E-state index contributed by atoms with van der Waals surface area (Å²) in [6.45, 7) is 0.203. The molecule has 0 aliphatic heterocycles.